The van der Waals surface area contributed by atoms with Crippen molar-refractivity contribution in [2.24, 2.45) is 0 Å². The molecule has 0 radical (unpaired) electrons. The van der Waals surface area contributed by atoms with Crippen LogP contribution in [0.2, 0.25) is 0 Å². The van der Waals surface area contributed by atoms with Crippen LogP contribution in [0.5, 0.6) is 0 Å². The Balaban J connectivity index is 1.92. The molecule has 0 aliphatic carbocycles. The quantitative estimate of drug-likeness (QED) is 0.753. The predicted octanol–water partition coefficient (Wildman–Crippen LogP) is 2.82. The lowest BCUT2D eigenvalue weighted by atomic mass is 10.1. The minimum absolute atomic E-state index is 0.414. The second-order valence-corrected chi connectivity index (χ2v) is 7.18. The zero-order valence-electron chi connectivity index (χ0n) is 14.3. The van der Waals surface area contributed by atoms with Gasteiger partial charge >= 0.3 is 5.69 Å². The summed E-state index contributed by atoms with van der Waals surface area (Å²) in [5.74, 6) is -0.414. The summed E-state index contributed by atoms with van der Waals surface area (Å²) in [6, 6.07) is 8.28. The third kappa shape index (κ3) is 3.28. The number of H-pyrrole nitrogens is 1. The average molecular weight is 357 g/mol. The number of aryl methyl sites for hydroxylation is 2. The van der Waals surface area contributed by atoms with Crippen LogP contribution in [0.3, 0.4) is 0 Å². The first-order valence-corrected chi connectivity index (χ1v) is 8.87. The number of hydrogen-bond donors (Lipinski definition) is 2. The monoisotopic (exact) mass is 357 g/mol. The van der Waals surface area contributed by atoms with Crippen LogP contribution in [0.4, 0.5) is 5.69 Å². The molecule has 3 rings (SSSR count). The number of aromatic amines is 1. The summed E-state index contributed by atoms with van der Waals surface area (Å²) < 4.78 is 0.963. The highest BCUT2D eigenvalue weighted by molar-refractivity contribution is 7.18. The van der Waals surface area contributed by atoms with Gasteiger partial charge in [-0.3, -0.25) is 14.6 Å². The molecule has 0 fully saturated rings. The number of anilines is 1. The fourth-order valence-electron chi connectivity index (χ4n) is 2.68. The van der Waals surface area contributed by atoms with Crippen LogP contribution in [0.25, 0.3) is 10.2 Å². The summed E-state index contributed by atoms with van der Waals surface area (Å²) in [6.07, 6.45) is 0.912. The van der Waals surface area contributed by atoms with Gasteiger partial charge in [0.15, 0.2) is 0 Å². The van der Waals surface area contributed by atoms with Crippen molar-refractivity contribution in [2.45, 2.75) is 33.2 Å². The van der Waals surface area contributed by atoms with Gasteiger partial charge in [-0.25, -0.2) is 9.36 Å². The Labute approximate surface area is 148 Å². The van der Waals surface area contributed by atoms with Gasteiger partial charge in [0.05, 0.1) is 5.39 Å². The summed E-state index contributed by atoms with van der Waals surface area (Å²) in [6.45, 7) is 5.46. The number of rotatable bonds is 4. The van der Waals surface area contributed by atoms with E-state index in [1.165, 1.54) is 18.3 Å². The number of nitrogens with zero attached hydrogens (tertiary/aromatic N) is 1. The van der Waals surface area contributed by atoms with Gasteiger partial charge < -0.3 is 5.32 Å². The normalized spacial score (nSPS) is 12.3. The fraction of sp³-hybridized carbons (Fsp3) is 0.278. The van der Waals surface area contributed by atoms with E-state index >= 15 is 0 Å². The van der Waals surface area contributed by atoms with Gasteiger partial charge in [0.2, 0.25) is 5.91 Å². The average Bonchev–Trinajstić information content (AvgIpc) is 2.96. The number of aromatic nitrogens is 2. The number of carbonyl (C=O) groups is 1. The number of carbonyl (C=O) groups excluding carboxylic acids is 1. The molecule has 3 aromatic rings. The molecule has 25 heavy (non-hydrogen) atoms. The van der Waals surface area contributed by atoms with Crippen molar-refractivity contribution in [3.63, 3.8) is 0 Å². The van der Waals surface area contributed by atoms with Crippen LogP contribution in [0.15, 0.2) is 39.9 Å². The standard InChI is InChI=1S/C18H19N3O3S/c1-4-12-5-7-13(8-6-12)19-15(22)11(3)21-17(23)14-9-10(2)25-16(14)20-18(21)24/h5-9,11H,4H2,1-3H3,(H,19,22)(H,20,24). The molecule has 1 amide bonds. The molecule has 6 nitrogen and oxygen atoms in total. The van der Waals surface area contributed by atoms with Gasteiger partial charge in [-0.05, 0) is 44.0 Å². The van der Waals surface area contributed by atoms with E-state index in [4.69, 9.17) is 0 Å². The molecule has 2 aromatic heterocycles. The Bertz CT molecular complexity index is 1040. The molecule has 1 unspecified atom stereocenters. The van der Waals surface area contributed by atoms with Gasteiger partial charge in [-0.1, -0.05) is 19.1 Å². The SMILES string of the molecule is CCc1ccc(NC(=O)C(C)n2c(=O)[nH]c3sc(C)cc3c2=O)cc1. The van der Waals surface area contributed by atoms with Crippen molar-refractivity contribution >= 4 is 33.1 Å². The molecular weight excluding hydrogens is 338 g/mol. The summed E-state index contributed by atoms with van der Waals surface area (Å²) in [4.78, 5) is 41.5. The van der Waals surface area contributed by atoms with Gasteiger partial charge in [-0.2, -0.15) is 0 Å². The highest BCUT2D eigenvalue weighted by Gasteiger charge is 2.21. The Kier molecular flexibility index (Phi) is 4.59. The van der Waals surface area contributed by atoms with Crippen LogP contribution in [-0.4, -0.2) is 15.5 Å². The Morgan fingerprint density at radius 3 is 2.60 bits per heavy atom. The minimum Gasteiger partial charge on any atom is -0.324 e. The Morgan fingerprint density at radius 1 is 1.28 bits per heavy atom. The topological polar surface area (TPSA) is 84.0 Å². The third-order valence-electron chi connectivity index (χ3n) is 4.14. The van der Waals surface area contributed by atoms with E-state index in [2.05, 4.69) is 17.2 Å². The second kappa shape index (κ2) is 6.68. The molecule has 1 atom stereocenters. The van der Waals surface area contributed by atoms with Gasteiger partial charge in [0.25, 0.3) is 5.56 Å². The first kappa shape index (κ1) is 17.2. The summed E-state index contributed by atoms with van der Waals surface area (Å²) >= 11 is 1.35. The summed E-state index contributed by atoms with van der Waals surface area (Å²) in [5, 5.41) is 3.18. The predicted molar refractivity (Wildman–Crippen MR) is 101 cm³/mol. The van der Waals surface area contributed by atoms with Crippen LogP contribution in [0.1, 0.15) is 30.3 Å². The van der Waals surface area contributed by atoms with Crippen molar-refractivity contribution in [1.29, 1.82) is 0 Å². The van der Waals surface area contributed by atoms with Crippen molar-refractivity contribution in [1.82, 2.24) is 9.55 Å². The first-order valence-electron chi connectivity index (χ1n) is 8.05. The van der Waals surface area contributed by atoms with Crippen LogP contribution in [-0.2, 0) is 11.2 Å². The maximum Gasteiger partial charge on any atom is 0.330 e. The van der Waals surface area contributed by atoms with Crippen molar-refractivity contribution in [3.8, 4) is 0 Å². The van der Waals surface area contributed by atoms with E-state index in [1.807, 2.05) is 31.2 Å². The molecule has 130 valence electrons. The van der Waals surface area contributed by atoms with E-state index < -0.39 is 23.2 Å². The van der Waals surface area contributed by atoms with E-state index in [-0.39, 0.29) is 0 Å². The van der Waals surface area contributed by atoms with Gasteiger partial charge in [-0.15, -0.1) is 11.3 Å². The first-order chi connectivity index (χ1) is 11.9. The molecule has 0 spiro atoms. The van der Waals surface area contributed by atoms with Crippen molar-refractivity contribution < 1.29 is 4.79 Å². The third-order valence-corrected chi connectivity index (χ3v) is 5.11. The molecule has 2 heterocycles. The Hall–Kier alpha value is -2.67. The van der Waals surface area contributed by atoms with E-state index in [0.29, 0.717) is 15.9 Å². The van der Waals surface area contributed by atoms with E-state index in [1.54, 1.807) is 6.07 Å². The summed E-state index contributed by atoms with van der Waals surface area (Å²) in [5.41, 5.74) is 0.762. The van der Waals surface area contributed by atoms with Crippen LogP contribution >= 0.6 is 11.3 Å². The maximum absolute atomic E-state index is 12.6. The highest BCUT2D eigenvalue weighted by Crippen LogP contribution is 2.19. The lowest BCUT2D eigenvalue weighted by Crippen LogP contribution is -2.41. The maximum atomic E-state index is 12.6. The van der Waals surface area contributed by atoms with E-state index in [9.17, 15) is 14.4 Å². The van der Waals surface area contributed by atoms with E-state index in [0.717, 1.165) is 21.4 Å². The number of thiophene rings is 1. The molecule has 0 aliphatic heterocycles. The molecule has 2 N–H and O–H groups in total. The lowest BCUT2D eigenvalue weighted by Gasteiger charge is -2.14. The number of amides is 1. The molecule has 1 aromatic carbocycles. The lowest BCUT2D eigenvalue weighted by molar-refractivity contribution is -0.118. The second-order valence-electron chi connectivity index (χ2n) is 5.92. The molecule has 0 aliphatic rings. The largest absolute Gasteiger partial charge is 0.330 e. The van der Waals surface area contributed by atoms with Crippen molar-refractivity contribution in [2.75, 3.05) is 5.32 Å². The molecule has 0 saturated carbocycles. The summed E-state index contributed by atoms with van der Waals surface area (Å²) in [7, 11) is 0. The molecule has 0 bridgehead atoms. The molecular formula is C18H19N3O3S. The Morgan fingerprint density at radius 2 is 1.96 bits per heavy atom. The smallest absolute Gasteiger partial charge is 0.324 e. The van der Waals surface area contributed by atoms with Crippen LogP contribution in [0, 0.1) is 6.92 Å². The zero-order valence-corrected chi connectivity index (χ0v) is 15.1. The molecule has 7 heteroatoms. The number of benzene rings is 1. The molecule has 0 saturated heterocycles. The highest BCUT2D eigenvalue weighted by atomic mass is 32.1. The fourth-order valence-corrected chi connectivity index (χ4v) is 3.58. The zero-order chi connectivity index (χ0) is 18.1. The van der Waals surface area contributed by atoms with Crippen LogP contribution < -0.4 is 16.6 Å². The minimum atomic E-state index is -0.924. The van der Waals surface area contributed by atoms with Gasteiger partial charge in [0, 0.05) is 10.6 Å². The number of hydrogen-bond acceptors (Lipinski definition) is 4. The number of fused-ring (bicyclic) bond motifs is 1. The number of nitrogens with one attached hydrogen (secondary N) is 2. The van der Waals surface area contributed by atoms with Gasteiger partial charge in [0.1, 0.15) is 10.9 Å². The van der Waals surface area contributed by atoms with Crippen molar-refractivity contribution in [3.05, 3.63) is 61.6 Å².